The maximum absolute atomic E-state index is 11.4. The average Bonchev–Trinajstić information content (AvgIpc) is 1.99. The first kappa shape index (κ1) is 12.2. The van der Waals surface area contributed by atoms with Gasteiger partial charge in [-0.05, 0) is 33.6 Å². The van der Waals surface area contributed by atoms with Crippen molar-refractivity contribution in [3.05, 3.63) is 0 Å². The molecule has 1 unspecified atom stereocenters. The lowest BCUT2D eigenvalue weighted by Gasteiger charge is -2.35. The summed E-state index contributed by atoms with van der Waals surface area (Å²) in [6.45, 7) is 6.11. The fourth-order valence-electron chi connectivity index (χ4n) is 1.86. The van der Waals surface area contributed by atoms with Crippen molar-refractivity contribution in [2.45, 2.75) is 51.7 Å². The zero-order chi connectivity index (χ0) is 11.5. The Kier molecular flexibility index (Phi) is 3.85. The fourth-order valence-corrected chi connectivity index (χ4v) is 1.86. The molecular formula is C11H19NO3. The molecule has 1 atom stereocenters. The lowest BCUT2D eigenvalue weighted by atomic mass is 9.94. The van der Waals surface area contributed by atoms with E-state index < -0.39 is 0 Å². The number of Topliss-reactive ketones (excluding diaryl/α,β-unsaturated/α-hetero) is 1. The molecule has 4 nitrogen and oxygen atoms in total. The molecule has 0 saturated carbocycles. The summed E-state index contributed by atoms with van der Waals surface area (Å²) in [4.78, 5) is 22.1. The van der Waals surface area contributed by atoms with Gasteiger partial charge in [-0.25, -0.2) is 0 Å². The maximum atomic E-state index is 11.4. The van der Waals surface area contributed by atoms with Crippen molar-refractivity contribution < 1.29 is 14.3 Å². The average molecular weight is 213 g/mol. The first-order chi connectivity index (χ1) is 6.89. The molecule has 1 rings (SSSR count). The van der Waals surface area contributed by atoms with Crippen molar-refractivity contribution in [3.8, 4) is 0 Å². The Morgan fingerprint density at radius 2 is 2.13 bits per heavy atom. The summed E-state index contributed by atoms with van der Waals surface area (Å²) in [7, 11) is 0. The molecule has 1 amide bonds. The monoisotopic (exact) mass is 213 g/mol. The Balaban J connectivity index is 2.38. The number of ether oxygens (including phenoxy) is 1. The van der Waals surface area contributed by atoms with Crippen LogP contribution in [0.25, 0.3) is 0 Å². The van der Waals surface area contributed by atoms with Crippen LogP contribution in [0, 0.1) is 0 Å². The van der Waals surface area contributed by atoms with Gasteiger partial charge in [0.05, 0.1) is 12.0 Å². The minimum Gasteiger partial charge on any atom is -0.375 e. The van der Waals surface area contributed by atoms with E-state index in [1.807, 2.05) is 13.8 Å². The van der Waals surface area contributed by atoms with Crippen LogP contribution >= 0.6 is 0 Å². The third-order valence-electron chi connectivity index (χ3n) is 2.47. The van der Waals surface area contributed by atoms with E-state index in [0.29, 0.717) is 6.61 Å². The van der Waals surface area contributed by atoms with E-state index in [1.54, 1.807) is 0 Å². The third kappa shape index (κ3) is 4.42. The van der Waals surface area contributed by atoms with Crippen molar-refractivity contribution in [2.24, 2.45) is 0 Å². The number of ketones is 1. The number of nitrogens with one attached hydrogen (secondary N) is 1. The van der Waals surface area contributed by atoms with Gasteiger partial charge in [-0.2, -0.15) is 0 Å². The molecule has 1 saturated heterocycles. The quantitative estimate of drug-likeness (QED) is 0.713. The van der Waals surface area contributed by atoms with E-state index in [2.05, 4.69) is 5.32 Å². The molecule has 0 bridgehead atoms. The highest BCUT2D eigenvalue weighted by atomic mass is 16.5. The molecule has 4 heteroatoms. The predicted molar refractivity (Wildman–Crippen MR) is 56.5 cm³/mol. The number of hydrogen-bond acceptors (Lipinski definition) is 3. The van der Waals surface area contributed by atoms with Crippen LogP contribution in [0.15, 0.2) is 0 Å². The predicted octanol–water partition coefficient (Wildman–Crippen LogP) is 1.04. The van der Waals surface area contributed by atoms with E-state index in [9.17, 15) is 9.59 Å². The summed E-state index contributed by atoms with van der Waals surface area (Å²) >= 11 is 0. The Morgan fingerprint density at radius 1 is 1.47 bits per heavy atom. The van der Waals surface area contributed by atoms with Crippen LogP contribution in [-0.4, -0.2) is 29.9 Å². The smallest absolute Gasteiger partial charge is 0.227 e. The third-order valence-corrected chi connectivity index (χ3v) is 2.47. The molecule has 1 N–H and O–H groups in total. The Hall–Kier alpha value is -0.900. The van der Waals surface area contributed by atoms with Crippen LogP contribution in [0.3, 0.4) is 0 Å². The Labute approximate surface area is 90.4 Å². The van der Waals surface area contributed by atoms with E-state index in [1.165, 1.54) is 6.92 Å². The highest BCUT2D eigenvalue weighted by Crippen LogP contribution is 2.23. The van der Waals surface area contributed by atoms with Crippen molar-refractivity contribution in [1.82, 2.24) is 5.32 Å². The molecule has 0 aromatic carbocycles. The summed E-state index contributed by atoms with van der Waals surface area (Å²) < 4.78 is 5.54. The van der Waals surface area contributed by atoms with Crippen LogP contribution in [-0.2, 0) is 14.3 Å². The van der Waals surface area contributed by atoms with Gasteiger partial charge in [-0.1, -0.05) is 0 Å². The van der Waals surface area contributed by atoms with E-state index in [-0.39, 0.29) is 29.8 Å². The summed E-state index contributed by atoms with van der Waals surface area (Å²) in [5.41, 5.74) is -0.174. The van der Waals surface area contributed by atoms with Gasteiger partial charge < -0.3 is 10.1 Å². The Morgan fingerprint density at radius 3 is 2.67 bits per heavy atom. The van der Waals surface area contributed by atoms with Gasteiger partial charge in [0.1, 0.15) is 5.78 Å². The Bertz CT molecular complexity index is 261. The summed E-state index contributed by atoms with van der Waals surface area (Å²) in [6.07, 6.45) is 1.61. The molecule has 1 fully saturated rings. The van der Waals surface area contributed by atoms with Gasteiger partial charge in [-0.3, -0.25) is 9.59 Å². The zero-order valence-corrected chi connectivity index (χ0v) is 9.63. The topological polar surface area (TPSA) is 55.4 Å². The molecule has 0 aliphatic carbocycles. The molecule has 0 radical (unpaired) electrons. The first-order valence-electron chi connectivity index (χ1n) is 5.32. The maximum Gasteiger partial charge on any atom is 0.227 e. The summed E-state index contributed by atoms with van der Waals surface area (Å²) in [5.74, 6) is -0.274. The second kappa shape index (κ2) is 4.75. The lowest BCUT2D eigenvalue weighted by Crippen LogP contribution is -2.46. The van der Waals surface area contributed by atoms with Gasteiger partial charge in [0.25, 0.3) is 0 Å². The highest BCUT2D eigenvalue weighted by Gasteiger charge is 2.29. The lowest BCUT2D eigenvalue weighted by molar-refractivity contribution is -0.129. The molecule has 0 aromatic heterocycles. The van der Waals surface area contributed by atoms with Crippen LogP contribution in [0.1, 0.15) is 40.0 Å². The van der Waals surface area contributed by atoms with Crippen LogP contribution in [0.4, 0.5) is 0 Å². The molecule has 0 spiro atoms. The zero-order valence-electron chi connectivity index (χ0n) is 9.63. The molecule has 86 valence electrons. The van der Waals surface area contributed by atoms with Crippen molar-refractivity contribution in [1.29, 1.82) is 0 Å². The molecule has 1 aliphatic rings. The largest absolute Gasteiger partial charge is 0.375 e. The van der Waals surface area contributed by atoms with Gasteiger partial charge >= 0.3 is 0 Å². The van der Waals surface area contributed by atoms with Crippen LogP contribution in [0.5, 0.6) is 0 Å². The SMILES string of the molecule is CC(=O)CC(=O)NC1CCOC(C)(C)C1. The number of rotatable bonds is 3. The number of carbonyl (C=O) groups is 2. The van der Waals surface area contributed by atoms with Crippen LogP contribution in [0.2, 0.25) is 0 Å². The first-order valence-corrected chi connectivity index (χ1v) is 5.32. The minimum absolute atomic E-state index is 0.0161. The van der Waals surface area contributed by atoms with Crippen molar-refractivity contribution >= 4 is 11.7 Å². The van der Waals surface area contributed by atoms with E-state index in [4.69, 9.17) is 4.74 Å². The van der Waals surface area contributed by atoms with E-state index >= 15 is 0 Å². The second-order valence-corrected chi connectivity index (χ2v) is 4.74. The van der Waals surface area contributed by atoms with Crippen molar-refractivity contribution in [3.63, 3.8) is 0 Å². The normalized spacial score (nSPS) is 24.6. The molecule has 15 heavy (non-hydrogen) atoms. The van der Waals surface area contributed by atoms with Crippen LogP contribution < -0.4 is 5.32 Å². The molecule has 1 aliphatic heterocycles. The van der Waals surface area contributed by atoms with E-state index in [0.717, 1.165) is 12.8 Å². The van der Waals surface area contributed by atoms with Gasteiger partial charge in [0, 0.05) is 12.6 Å². The fraction of sp³-hybridized carbons (Fsp3) is 0.818. The molecular weight excluding hydrogens is 194 g/mol. The number of hydrogen-bond donors (Lipinski definition) is 1. The minimum atomic E-state index is -0.176. The molecule has 0 aromatic rings. The standard InChI is InChI=1S/C11H19NO3/c1-8(13)6-10(14)12-9-4-5-15-11(2,3)7-9/h9H,4-7H2,1-3H3,(H,12,14). The highest BCUT2D eigenvalue weighted by molar-refractivity contribution is 5.96. The second-order valence-electron chi connectivity index (χ2n) is 4.74. The van der Waals surface area contributed by atoms with Crippen molar-refractivity contribution in [2.75, 3.05) is 6.61 Å². The number of carbonyl (C=O) groups excluding carboxylic acids is 2. The summed E-state index contributed by atoms with van der Waals surface area (Å²) in [5, 5.41) is 2.87. The number of amides is 1. The molecule has 1 heterocycles. The van der Waals surface area contributed by atoms with Gasteiger partial charge in [0.2, 0.25) is 5.91 Å². The summed E-state index contributed by atoms with van der Waals surface area (Å²) in [6, 6.07) is 0.139. The van der Waals surface area contributed by atoms with Gasteiger partial charge in [-0.15, -0.1) is 0 Å². The van der Waals surface area contributed by atoms with Gasteiger partial charge in [0.15, 0.2) is 0 Å².